The van der Waals surface area contributed by atoms with E-state index in [0.29, 0.717) is 37.2 Å². The molecule has 3 heterocycles. The van der Waals surface area contributed by atoms with Crippen LogP contribution in [0.3, 0.4) is 0 Å². The van der Waals surface area contributed by atoms with Crippen molar-refractivity contribution in [3.8, 4) is 11.6 Å². The zero-order valence-electron chi connectivity index (χ0n) is 19.2. The summed E-state index contributed by atoms with van der Waals surface area (Å²) in [6, 6.07) is 5.74. The van der Waals surface area contributed by atoms with Crippen LogP contribution in [0.15, 0.2) is 22.7 Å². The van der Waals surface area contributed by atoms with Crippen molar-refractivity contribution in [3.63, 3.8) is 0 Å². The molecule has 3 aliphatic rings. The minimum absolute atomic E-state index is 0.0964. The number of hydrogen-bond donors (Lipinski definition) is 2. The van der Waals surface area contributed by atoms with E-state index in [2.05, 4.69) is 10.1 Å². The third-order valence-corrected chi connectivity index (χ3v) is 7.46. The lowest BCUT2D eigenvalue weighted by Crippen LogP contribution is -2.44. The minimum atomic E-state index is -0.240. The smallest absolute Gasteiger partial charge is 0.265 e. The van der Waals surface area contributed by atoms with Crippen molar-refractivity contribution in [1.82, 2.24) is 10.1 Å². The van der Waals surface area contributed by atoms with Crippen molar-refractivity contribution in [2.75, 3.05) is 39.5 Å². The van der Waals surface area contributed by atoms with Crippen molar-refractivity contribution < 1.29 is 28.9 Å². The van der Waals surface area contributed by atoms with Gasteiger partial charge >= 0.3 is 0 Å². The van der Waals surface area contributed by atoms with Gasteiger partial charge in [0.25, 0.3) is 5.88 Å². The summed E-state index contributed by atoms with van der Waals surface area (Å²) in [5.74, 6) is 1.93. The van der Waals surface area contributed by atoms with Crippen LogP contribution in [0.2, 0.25) is 0 Å². The van der Waals surface area contributed by atoms with Crippen molar-refractivity contribution in [1.29, 1.82) is 0 Å². The van der Waals surface area contributed by atoms with Crippen LogP contribution in [0.5, 0.6) is 11.6 Å². The monoisotopic (exact) mass is 460 g/mol. The fraction of sp³-hybridized carbons (Fsp3) is 0.720. The second kappa shape index (κ2) is 10.6. The molecule has 8 heteroatoms. The molecule has 8 nitrogen and oxygen atoms in total. The summed E-state index contributed by atoms with van der Waals surface area (Å²) in [7, 11) is 0. The Morgan fingerprint density at radius 2 is 1.85 bits per heavy atom. The van der Waals surface area contributed by atoms with Gasteiger partial charge in [0.15, 0.2) is 5.58 Å². The van der Waals surface area contributed by atoms with Crippen LogP contribution in [0.4, 0.5) is 0 Å². The minimum Gasteiger partial charge on any atom is -0.489 e. The molecule has 3 fully saturated rings. The van der Waals surface area contributed by atoms with Crippen LogP contribution in [0, 0.1) is 11.8 Å². The second-order valence-electron chi connectivity index (χ2n) is 9.91. The average molecular weight is 461 g/mol. The van der Waals surface area contributed by atoms with Crippen LogP contribution >= 0.6 is 0 Å². The number of nitrogens with zero attached hydrogens (tertiary/aromatic N) is 2. The zero-order valence-corrected chi connectivity index (χ0v) is 19.2. The number of aliphatic hydroxyl groups excluding tert-OH is 2. The molecule has 2 saturated heterocycles. The molecule has 0 spiro atoms. The number of likely N-dealkylation sites (tertiary alicyclic amines) is 1. The molecular weight excluding hydrogens is 424 g/mol. The highest BCUT2D eigenvalue weighted by Gasteiger charge is 2.29. The Hall–Kier alpha value is -1.87. The van der Waals surface area contributed by atoms with Crippen LogP contribution in [-0.4, -0.2) is 78.0 Å². The first-order valence-corrected chi connectivity index (χ1v) is 12.5. The van der Waals surface area contributed by atoms with Gasteiger partial charge in [-0.3, -0.25) is 0 Å². The Kier molecular flexibility index (Phi) is 7.35. The van der Waals surface area contributed by atoms with Crippen LogP contribution < -0.4 is 9.47 Å². The van der Waals surface area contributed by atoms with E-state index in [1.54, 1.807) is 0 Å². The first-order chi connectivity index (χ1) is 16.2. The third-order valence-electron chi connectivity index (χ3n) is 7.46. The Morgan fingerprint density at radius 3 is 2.64 bits per heavy atom. The SMILES string of the molecule is OC1CCC(Oc2cccc3onc(OCC4CCN(CC5COCCC5O)CC4)c23)CC1. The van der Waals surface area contributed by atoms with Gasteiger partial charge in [0.1, 0.15) is 11.1 Å². The number of ether oxygens (including phenoxy) is 3. The molecule has 2 aromatic rings. The standard InChI is InChI=1S/C25H36N2O6/c28-19-4-6-20(7-5-19)32-22-2-1-3-23-24(22)25(26-33-23)31-15-17-8-11-27(12-9-17)14-18-16-30-13-10-21(18)29/h1-3,17-21,28-29H,4-16H2. The highest BCUT2D eigenvalue weighted by atomic mass is 16.5. The van der Waals surface area contributed by atoms with E-state index >= 15 is 0 Å². The van der Waals surface area contributed by atoms with E-state index in [9.17, 15) is 10.2 Å². The maximum Gasteiger partial charge on any atom is 0.265 e. The van der Waals surface area contributed by atoms with Gasteiger partial charge < -0.3 is 33.8 Å². The summed E-state index contributed by atoms with van der Waals surface area (Å²) in [6.07, 6.45) is 5.77. The van der Waals surface area contributed by atoms with Crippen LogP contribution in [-0.2, 0) is 4.74 Å². The number of aromatic nitrogens is 1. The van der Waals surface area contributed by atoms with E-state index in [1.165, 1.54) is 0 Å². The predicted molar refractivity (Wildman–Crippen MR) is 122 cm³/mol. The highest BCUT2D eigenvalue weighted by molar-refractivity contribution is 5.88. The van der Waals surface area contributed by atoms with Gasteiger partial charge in [-0.05, 0) is 81.2 Å². The molecule has 1 aromatic carbocycles. The summed E-state index contributed by atoms with van der Waals surface area (Å²) >= 11 is 0. The molecule has 2 N–H and O–H groups in total. The van der Waals surface area contributed by atoms with Gasteiger partial charge in [0.05, 0.1) is 31.5 Å². The first kappa shape index (κ1) is 22.9. The topological polar surface area (TPSA) is 97.4 Å². The largest absolute Gasteiger partial charge is 0.489 e. The summed E-state index contributed by atoms with van der Waals surface area (Å²) in [6.45, 7) is 4.87. The summed E-state index contributed by atoms with van der Waals surface area (Å²) in [5, 5.41) is 24.9. The maximum atomic E-state index is 10.2. The summed E-state index contributed by atoms with van der Waals surface area (Å²) < 4.78 is 23.5. The maximum absolute atomic E-state index is 10.2. The summed E-state index contributed by atoms with van der Waals surface area (Å²) in [5.41, 5.74) is 0.668. The number of aliphatic hydroxyl groups is 2. The van der Waals surface area contributed by atoms with Crippen LogP contribution in [0.1, 0.15) is 44.9 Å². The van der Waals surface area contributed by atoms with Crippen molar-refractivity contribution in [2.24, 2.45) is 11.8 Å². The number of piperidine rings is 1. The first-order valence-electron chi connectivity index (χ1n) is 12.5. The molecular formula is C25H36N2O6. The summed E-state index contributed by atoms with van der Waals surface area (Å²) in [4.78, 5) is 2.44. The predicted octanol–water partition coefficient (Wildman–Crippen LogP) is 3.00. The number of benzene rings is 1. The normalized spacial score (nSPS) is 29.9. The average Bonchev–Trinajstić information content (AvgIpc) is 3.26. The molecule has 182 valence electrons. The number of hydrogen-bond acceptors (Lipinski definition) is 8. The van der Waals surface area contributed by atoms with E-state index < -0.39 is 0 Å². The Balaban J connectivity index is 1.14. The second-order valence-corrected chi connectivity index (χ2v) is 9.91. The van der Waals surface area contributed by atoms with Crippen LogP contribution in [0.25, 0.3) is 11.0 Å². The third kappa shape index (κ3) is 5.62. The van der Waals surface area contributed by atoms with E-state index in [-0.39, 0.29) is 24.2 Å². The van der Waals surface area contributed by atoms with E-state index in [4.69, 9.17) is 18.7 Å². The van der Waals surface area contributed by atoms with Gasteiger partial charge in [-0.25, -0.2) is 0 Å². The molecule has 2 aliphatic heterocycles. The van der Waals surface area contributed by atoms with E-state index in [0.717, 1.165) is 75.7 Å². The fourth-order valence-electron chi connectivity index (χ4n) is 5.30. The molecule has 0 bridgehead atoms. The van der Waals surface area contributed by atoms with Gasteiger partial charge in [0, 0.05) is 19.1 Å². The Labute approximate surface area is 194 Å². The van der Waals surface area contributed by atoms with Gasteiger partial charge in [-0.15, -0.1) is 0 Å². The van der Waals surface area contributed by atoms with Crippen molar-refractivity contribution in [2.45, 2.75) is 63.3 Å². The lowest BCUT2D eigenvalue weighted by Gasteiger charge is -2.36. The molecule has 2 unspecified atom stereocenters. The lowest BCUT2D eigenvalue weighted by molar-refractivity contribution is -0.0496. The molecule has 1 saturated carbocycles. The van der Waals surface area contributed by atoms with Crippen molar-refractivity contribution in [3.05, 3.63) is 18.2 Å². The molecule has 33 heavy (non-hydrogen) atoms. The molecule has 5 rings (SSSR count). The van der Waals surface area contributed by atoms with Gasteiger partial charge in [-0.1, -0.05) is 6.07 Å². The number of fused-ring (bicyclic) bond motifs is 1. The van der Waals surface area contributed by atoms with Gasteiger partial charge in [-0.2, -0.15) is 0 Å². The Morgan fingerprint density at radius 1 is 1.03 bits per heavy atom. The molecule has 2 atom stereocenters. The van der Waals surface area contributed by atoms with E-state index in [1.807, 2.05) is 18.2 Å². The van der Waals surface area contributed by atoms with Gasteiger partial charge in [0.2, 0.25) is 0 Å². The zero-order chi connectivity index (χ0) is 22.6. The lowest BCUT2D eigenvalue weighted by atomic mass is 9.94. The number of rotatable bonds is 7. The molecule has 1 aliphatic carbocycles. The molecule has 0 amide bonds. The Bertz CT molecular complexity index is 888. The molecule has 1 aromatic heterocycles. The fourth-order valence-corrected chi connectivity index (χ4v) is 5.30. The van der Waals surface area contributed by atoms with Crippen molar-refractivity contribution >= 4 is 11.0 Å². The molecule has 0 radical (unpaired) electrons. The highest BCUT2D eigenvalue weighted by Crippen LogP contribution is 2.36. The quantitative estimate of drug-likeness (QED) is 0.651.